The molecule has 0 spiro atoms. The number of nitrogen functional groups attached to an aromatic ring is 1. The fraction of sp³-hybridized carbons (Fsp3) is 0.750. The highest BCUT2D eigenvalue weighted by Gasteiger charge is 2.21. The van der Waals surface area contributed by atoms with E-state index in [2.05, 4.69) is 14.2 Å². The number of β-amino-alcohol motifs (C(OH)–C–C–N with tert-alkyl or cyclic N) is 1. The molecule has 1 aliphatic rings. The smallest absolute Gasteiger partial charge is 0.197 e. The van der Waals surface area contributed by atoms with E-state index in [1.54, 1.807) is 0 Å². The minimum Gasteiger partial charge on any atom is -0.487 e. The Balaban J connectivity index is 2.05. The lowest BCUT2D eigenvalue weighted by Crippen LogP contribution is -2.32. The molecule has 3 N–H and O–H groups in total. The highest BCUT2D eigenvalue weighted by Crippen LogP contribution is 2.38. The summed E-state index contributed by atoms with van der Waals surface area (Å²) < 4.78 is 9.80. The first-order chi connectivity index (χ1) is 9.26. The zero-order chi connectivity index (χ0) is 13.7. The van der Waals surface area contributed by atoms with Gasteiger partial charge in [-0.05, 0) is 31.4 Å². The number of nitrogens with two attached hydrogens (primary N) is 1. The predicted molar refractivity (Wildman–Crippen MR) is 78.1 cm³/mol. The van der Waals surface area contributed by atoms with Crippen LogP contribution in [0.25, 0.3) is 0 Å². The van der Waals surface area contributed by atoms with Gasteiger partial charge in [-0.25, -0.2) is 0 Å². The number of rotatable bonds is 5. The van der Waals surface area contributed by atoms with Gasteiger partial charge < -0.3 is 20.5 Å². The van der Waals surface area contributed by atoms with Gasteiger partial charge in [-0.2, -0.15) is 4.37 Å². The number of hydrogen-bond acceptors (Lipinski definition) is 7. The van der Waals surface area contributed by atoms with E-state index in [1.807, 2.05) is 6.92 Å². The lowest BCUT2D eigenvalue weighted by atomic mass is 10.4. The standard InChI is InChI=1S/C12H22N4O2S/c1-2-18-10-11(13)14-19-12(10)16-5-3-4-15(6-7-16)8-9-17/h17H,2-9H2,1H3,(H2,13,14). The van der Waals surface area contributed by atoms with Gasteiger partial charge in [-0.15, -0.1) is 0 Å². The van der Waals surface area contributed by atoms with Gasteiger partial charge in [0.05, 0.1) is 13.2 Å². The summed E-state index contributed by atoms with van der Waals surface area (Å²) in [5.74, 6) is 1.21. The topological polar surface area (TPSA) is 74.9 Å². The van der Waals surface area contributed by atoms with Crippen LogP contribution in [-0.2, 0) is 0 Å². The molecule has 1 aliphatic heterocycles. The highest BCUT2D eigenvalue weighted by molar-refractivity contribution is 7.11. The van der Waals surface area contributed by atoms with Crippen molar-refractivity contribution in [3.8, 4) is 5.75 Å². The van der Waals surface area contributed by atoms with Gasteiger partial charge in [0.25, 0.3) is 0 Å². The molecule has 0 aliphatic carbocycles. The number of aliphatic hydroxyl groups is 1. The zero-order valence-electron chi connectivity index (χ0n) is 11.3. The van der Waals surface area contributed by atoms with Crippen molar-refractivity contribution in [2.24, 2.45) is 0 Å². The molecule has 108 valence electrons. The Morgan fingerprint density at radius 3 is 2.95 bits per heavy atom. The molecule has 1 fully saturated rings. The predicted octanol–water partition coefficient (Wildman–Crippen LogP) is 0.628. The minimum absolute atomic E-state index is 0.220. The van der Waals surface area contributed by atoms with Gasteiger partial charge in [-0.3, -0.25) is 4.90 Å². The lowest BCUT2D eigenvalue weighted by molar-refractivity contribution is 0.204. The van der Waals surface area contributed by atoms with Gasteiger partial charge in [0.2, 0.25) is 0 Å². The first-order valence-electron chi connectivity index (χ1n) is 6.72. The second-order valence-corrected chi connectivity index (χ2v) is 5.29. The van der Waals surface area contributed by atoms with Crippen molar-refractivity contribution < 1.29 is 9.84 Å². The molecule has 2 heterocycles. The third-order valence-electron chi connectivity index (χ3n) is 3.24. The number of ether oxygens (including phenoxy) is 1. The SMILES string of the molecule is CCOc1c(N)nsc1N1CCCN(CCO)CC1. The van der Waals surface area contributed by atoms with Crippen LogP contribution in [0.3, 0.4) is 0 Å². The monoisotopic (exact) mass is 286 g/mol. The average molecular weight is 286 g/mol. The van der Waals surface area contributed by atoms with Crippen molar-refractivity contribution in [2.45, 2.75) is 13.3 Å². The summed E-state index contributed by atoms with van der Waals surface area (Å²) in [6, 6.07) is 0. The van der Waals surface area contributed by atoms with Crippen molar-refractivity contribution >= 4 is 22.4 Å². The molecule has 19 heavy (non-hydrogen) atoms. The quantitative estimate of drug-likeness (QED) is 0.827. The Kier molecular flexibility index (Phi) is 5.24. The number of aromatic nitrogens is 1. The van der Waals surface area contributed by atoms with Crippen molar-refractivity contribution in [3.05, 3.63) is 0 Å². The molecule has 0 amide bonds. The zero-order valence-corrected chi connectivity index (χ0v) is 12.2. The van der Waals surface area contributed by atoms with Crippen LogP contribution in [-0.4, -0.2) is 60.3 Å². The van der Waals surface area contributed by atoms with Crippen molar-refractivity contribution in [1.82, 2.24) is 9.27 Å². The second kappa shape index (κ2) is 6.93. The normalized spacial score (nSPS) is 17.5. The summed E-state index contributed by atoms with van der Waals surface area (Å²) in [6.45, 7) is 7.38. The summed E-state index contributed by atoms with van der Waals surface area (Å²) in [5, 5.41) is 10.0. The molecule has 0 aromatic carbocycles. The second-order valence-electron chi connectivity index (χ2n) is 4.54. The minimum atomic E-state index is 0.220. The van der Waals surface area contributed by atoms with Crippen LogP contribution in [0.2, 0.25) is 0 Å². The summed E-state index contributed by atoms with van der Waals surface area (Å²) in [5.41, 5.74) is 5.85. The molecular formula is C12H22N4O2S. The molecule has 1 saturated heterocycles. The Hall–Kier alpha value is -1.05. The van der Waals surface area contributed by atoms with Crippen molar-refractivity contribution in [3.63, 3.8) is 0 Å². The average Bonchev–Trinajstić information content (AvgIpc) is 2.63. The maximum absolute atomic E-state index is 9.01. The molecule has 0 atom stereocenters. The first kappa shape index (κ1) is 14.4. The summed E-state index contributed by atoms with van der Waals surface area (Å²) in [7, 11) is 0. The van der Waals surface area contributed by atoms with Gasteiger partial charge >= 0.3 is 0 Å². The molecule has 0 unspecified atom stereocenters. The third-order valence-corrected chi connectivity index (χ3v) is 4.14. The maximum Gasteiger partial charge on any atom is 0.197 e. The van der Waals surface area contributed by atoms with Gasteiger partial charge in [0, 0.05) is 26.2 Å². The summed E-state index contributed by atoms with van der Waals surface area (Å²) >= 11 is 1.40. The summed E-state index contributed by atoms with van der Waals surface area (Å²) in [4.78, 5) is 4.57. The molecule has 2 rings (SSSR count). The number of anilines is 2. The lowest BCUT2D eigenvalue weighted by Gasteiger charge is -2.22. The van der Waals surface area contributed by atoms with Crippen LogP contribution >= 0.6 is 11.5 Å². The molecule has 6 nitrogen and oxygen atoms in total. The largest absolute Gasteiger partial charge is 0.487 e. The molecular weight excluding hydrogens is 264 g/mol. The number of hydrogen-bond donors (Lipinski definition) is 2. The molecule has 0 bridgehead atoms. The van der Waals surface area contributed by atoms with Crippen molar-refractivity contribution in [2.75, 3.05) is 56.6 Å². The molecule has 1 aromatic rings. The Bertz CT molecular complexity index is 399. The fourth-order valence-corrected chi connectivity index (χ4v) is 3.12. The van der Waals surface area contributed by atoms with Crippen LogP contribution in [0.5, 0.6) is 5.75 Å². The Morgan fingerprint density at radius 2 is 2.21 bits per heavy atom. The molecule has 7 heteroatoms. The van der Waals surface area contributed by atoms with Gasteiger partial charge in [-0.1, -0.05) is 0 Å². The van der Waals surface area contributed by atoms with Crippen LogP contribution in [0.15, 0.2) is 0 Å². The molecule has 0 saturated carbocycles. The number of nitrogens with zero attached hydrogens (tertiary/aromatic N) is 3. The molecule has 0 radical (unpaired) electrons. The van der Waals surface area contributed by atoms with Crippen LogP contribution in [0.1, 0.15) is 13.3 Å². The van der Waals surface area contributed by atoms with Crippen LogP contribution < -0.4 is 15.4 Å². The highest BCUT2D eigenvalue weighted by atomic mass is 32.1. The van der Waals surface area contributed by atoms with Crippen LogP contribution in [0.4, 0.5) is 10.8 Å². The van der Waals surface area contributed by atoms with E-state index in [0.717, 1.165) is 49.9 Å². The van der Waals surface area contributed by atoms with E-state index >= 15 is 0 Å². The van der Waals surface area contributed by atoms with Crippen molar-refractivity contribution in [1.29, 1.82) is 0 Å². The maximum atomic E-state index is 9.01. The fourth-order valence-electron chi connectivity index (χ4n) is 2.31. The van der Waals surface area contributed by atoms with E-state index in [4.69, 9.17) is 15.6 Å². The van der Waals surface area contributed by atoms with Crippen LogP contribution in [0, 0.1) is 0 Å². The first-order valence-corrected chi connectivity index (χ1v) is 7.49. The third kappa shape index (κ3) is 3.49. The molecule has 1 aromatic heterocycles. The summed E-state index contributed by atoms with van der Waals surface area (Å²) in [6.07, 6.45) is 1.07. The van der Waals surface area contributed by atoms with E-state index < -0.39 is 0 Å². The van der Waals surface area contributed by atoms with Gasteiger partial charge in [0.1, 0.15) is 0 Å². The van der Waals surface area contributed by atoms with E-state index in [1.165, 1.54) is 11.5 Å². The van der Waals surface area contributed by atoms with Gasteiger partial charge in [0.15, 0.2) is 16.6 Å². The van der Waals surface area contributed by atoms with E-state index in [9.17, 15) is 0 Å². The number of aliphatic hydroxyl groups excluding tert-OH is 1. The van der Waals surface area contributed by atoms with E-state index in [-0.39, 0.29) is 6.61 Å². The Labute approximate surface area is 117 Å². The Morgan fingerprint density at radius 1 is 1.37 bits per heavy atom. The van der Waals surface area contributed by atoms with E-state index in [0.29, 0.717) is 12.4 Å².